The maximum atomic E-state index is 12.8. The highest BCUT2D eigenvalue weighted by molar-refractivity contribution is 7.89. The molecule has 0 bridgehead atoms. The third-order valence-electron chi connectivity index (χ3n) is 3.70. The zero-order chi connectivity index (χ0) is 15.7. The summed E-state index contributed by atoms with van der Waals surface area (Å²) in [6.45, 7) is 6.81. The molecule has 0 unspecified atom stereocenters. The van der Waals surface area contributed by atoms with E-state index in [1.807, 2.05) is 6.92 Å². The molecule has 21 heavy (non-hydrogen) atoms. The van der Waals surface area contributed by atoms with Gasteiger partial charge in [-0.2, -0.15) is 4.31 Å². The molecule has 0 radical (unpaired) electrons. The van der Waals surface area contributed by atoms with Gasteiger partial charge in [0.1, 0.15) is 6.61 Å². The van der Waals surface area contributed by atoms with E-state index in [-0.39, 0.29) is 16.9 Å². The van der Waals surface area contributed by atoms with E-state index in [9.17, 15) is 8.42 Å². The minimum Gasteiger partial charge on any atom is -0.384 e. The number of sulfonamides is 1. The number of nitrogens with zero attached hydrogens (tertiary/aromatic N) is 1. The van der Waals surface area contributed by atoms with Crippen LogP contribution >= 0.6 is 0 Å². The summed E-state index contributed by atoms with van der Waals surface area (Å²) in [6.07, 6.45) is 0.857. The monoisotopic (exact) mass is 307 g/mol. The molecule has 1 fully saturated rings. The van der Waals surface area contributed by atoms with Crippen molar-refractivity contribution in [2.75, 3.05) is 19.7 Å². The fourth-order valence-corrected chi connectivity index (χ4v) is 4.27. The Kier molecular flexibility index (Phi) is 4.43. The molecule has 1 aliphatic heterocycles. The number of hydrogen-bond donors (Lipinski definition) is 1. The van der Waals surface area contributed by atoms with Crippen LogP contribution in [0.3, 0.4) is 0 Å². The summed E-state index contributed by atoms with van der Waals surface area (Å²) in [5, 5.41) is 8.84. The van der Waals surface area contributed by atoms with Crippen molar-refractivity contribution in [3.05, 3.63) is 29.3 Å². The Bertz CT molecular complexity index is 696. The smallest absolute Gasteiger partial charge is 0.244 e. The molecule has 0 spiro atoms. The van der Waals surface area contributed by atoms with E-state index in [0.29, 0.717) is 18.7 Å². The van der Waals surface area contributed by atoms with Gasteiger partial charge in [-0.1, -0.05) is 31.8 Å². The second kappa shape index (κ2) is 5.80. The zero-order valence-electron chi connectivity index (χ0n) is 12.7. The van der Waals surface area contributed by atoms with Crippen LogP contribution in [-0.2, 0) is 10.0 Å². The van der Waals surface area contributed by atoms with Gasteiger partial charge in [0.15, 0.2) is 0 Å². The van der Waals surface area contributed by atoms with E-state index in [1.54, 1.807) is 18.2 Å². The highest BCUT2D eigenvalue weighted by Crippen LogP contribution is 2.33. The predicted octanol–water partition coefficient (Wildman–Crippen LogP) is 1.76. The first-order valence-electron chi connectivity index (χ1n) is 6.97. The lowest BCUT2D eigenvalue weighted by Crippen LogP contribution is -2.31. The van der Waals surface area contributed by atoms with E-state index >= 15 is 0 Å². The molecule has 1 aliphatic rings. The largest absolute Gasteiger partial charge is 0.384 e. The quantitative estimate of drug-likeness (QED) is 0.847. The first kappa shape index (κ1) is 16.0. The third kappa shape index (κ3) is 3.46. The summed E-state index contributed by atoms with van der Waals surface area (Å²) in [4.78, 5) is 0.228. The Morgan fingerprint density at radius 2 is 2.10 bits per heavy atom. The summed E-state index contributed by atoms with van der Waals surface area (Å²) in [6, 6.07) is 5.13. The van der Waals surface area contributed by atoms with Crippen LogP contribution in [0.5, 0.6) is 0 Å². The molecule has 1 N–H and O–H groups in total. The molecule has 4 nitrogen and oxygen atoms in total. The van der Waals surface area contributed by atoms with Crippen LogP contribution in [-0.4, -0.2) is 37.5 Å². The minimum absolute atomic E-state index is 0.00864. The van der Waals surface area contributed by atoms with Gasteiger partial charge in [0.25, 0.3) is 0 Å². The average molecular weight is 307 g/mol. The minimum atomic E-state index is -3.54. The van der Waals surface area contributed by atoms with Crippen LogP contribution in [0.15, 0.2) is 23.1 Å². The molecule has 0 aliphatic carbocycles. The van der Waals surface area contributed by atoms with Crippen molar-refractivity contribution in [3.63, 3.8) is 0 Å². The number of benzene rings is 1. The van der Waals surface area contributed by atoms with Crippen LogP contribution < -0.4 is 0 Å². The predicted molar refractivity (Wildman–Crippen MR) is 82.3 cm³/mol. The molecule has 5 heteroatoms. The molecule has 2 rings (SSSR count). The highest BCUT2D eigenvalue weighted by atomic mass is 32.2. The molecular formula is C16H21NO3S. The van der Waals surface area contributed by atoms with Crippen LogP contribution in [0.25, 0.3) is 0 Å². The van der Waals surface area contributed by atoms with Crippen molar-refractivity contribution < 1.29 is 13.5 Å². The van der Waals surface area contributed by atoms with Gasteiger partial charge >= 0.3 is 0 Å². The maximum Gasteiger partial charge on any atom is 0.244 e. The Hall–Kier alpha value is -1.35. The first-order chi connectivity index (χ1) is 9.76. The average Bonchev–Trinajstić information content (AvgIpc) is 2.77. The van der Waals surface area contributed by atoms with Gasteiger partial charge in [0.05, 0.1) is 4.90 Å². The lowest BCUT2D eigenvalue weighted by atomic mass is 9.93. The summed E-state index contributed by atoms with van der Waals surface area (Å²) in [5.41, 5.74) is 1.40. The van der Waals surface area contributed by atoms with Gasteiger partial charge in [0.2, 0.25) is 10.0 Å². The van der Waals surface area contributed by atoms with E-state index in [1.165, 1.54) is 4.31 Å². The summed E-state index contributed by atoms with van der Waals surface area (Å²) in [7, 11) is -3.54. The SMILES string of the molecule is Cc1ccc(S(=O)(=O)N2CCC(C)(C)C2)c(C#CCO)c1. The number of aryl methyl sites for hydroxylation is 1. The van der Waals surface area contributed by atoms with Crippen molar-refractivity contribution in [2.24, 2.45) is 5.41 Å². The van der Waals surface area contributed by atoms with Gasteiger partial charge in [-0.3, -0.25) is 0 Å². The van der Waals surface area contributed by atoms with Crippen molar-refractivity contribution in [1.82, 2.24) is 4.31 Å². The first-order valence-corrected chi connectivity index (χ1v) is 8.41. The molecule has 1 aromatic carbocycles. The Balaban J connectivity index is 2.45. The fraction of sp³-hybridized carbons (Fsp3) is 0.500. The highest BCUT2D eigenvalue weighted by Gasteiger charge is 2.37. The maximum absolute atomic E-state index is 12.8. The normalized spacial score (nSPS) is 18.3. The Morgan fingerprint density at radius 3 is 2.67 bits per heavy atom. The van der Waals surface area contributed by atoms with E-state index < -0.39 is 10.0 Å². The second-order valence-corrected chi connectivity index (χ2v) is 8.12. The van der Waals surface area contributed by atoms with E-state index in [0.717, 1.165) is 12.0 Å². The molecule has 0 amide bonds. The van der Waals surface area contributed by atoms with Crippen LogP contribution in [0, 0.1) is 24.2 Å². The van der Waals surface area contributed by atoms with Crippen molar-refractivity contribution >= 4 is 10.0 Å². The van der Waals surface area contributed by atoms with Gasteiger partial charge in [-0.15, -0.1) is 0 Å². The van der Waals surface area contributed by atoms with Crippen LogP contribution in [0.4, 0.5) is 0 Å². The lowest BCUT2D eigenvalue weighted by Gasteiger charge is -2.20. The molecular weight excluding hydrogens is 286 g/mol. The van der Waals surface area contributed by atoms with Crippen LogP contribution in [0.1, 0.15) is 31.4 Å². The Labute approximate surface area is 126 Å². The van der Waals surface area contributed by atoms with Crippen LogP contribution in [0.2, 0.25) is 0 Å². The lowest BCUT2D eigenvalue weighted by molar-refractivity contribution is 0.350. The van der Waals surface area contributed by atoms with E-state index in [4.69, 9.17) is 5.11 Å². The van der Waals surface area contributed by atoms with Gasteiger partial charge in [-0.25, -0.2) is 8.42 Å². The Morgan fingerprint density at radius 1 is 1.38 bits per heavy atom. The van der Waals surface area contributed by atoms with Gasteiger partial charge in [-0.05, 0) is 36.5 Å². The molecule has 0 saturated carbocycles. The fourth-order valence-electron chi connectivity index (χ4n) is 2.51. The number of aliphatic hydroxyl groups is 1. The third-order valence-corrected chi connectivity index (χ3v) is 5.60. The summed E-state index contributed by atoms with van der Waals surface area (Å²) >= 11 is 0. The number of aliphatic hydroxyl groups excluding tert-OH is 1. The van der Waals surface area contributed by atoms with Crippen molar-refractivity contribution in [3.8, 4) is 11.8 Å². The molecule has 1 saturated heterocycles. The van der Waals surface area contributed by atoms with Gasteiger partial charge in [0, 0.05) is 18.7 Å². The standard InChI is InChI=1S/C16H21NO3S/c1-13-6-7-15(14(11-13)5-4-10-18)21(19,20)17-9-8-16(2,3)12-17/h6-7,11,18H,8-10,12H2,1-3H3. The zero-order valence-corrected chi connectivity index (χ0v) is 13.5. The van der Waals surface area contributed by atoms with Crippen molar-refractivity contribution in [1.29, 1.82) is 0 Å². The molecule has 114 valence electrons. The second-order valence-electron chi connectivity index (χ2n) is 6.21. The van der Waals surface area contributed by atoms with Gasteiger partial charge < -0.3 is 5.11 Å². The number of hydrogen-bond acceptors (Lipinski definition) is 3. The summed E-state index contributed by atoms with van der Waals surface area (Å²) < 4.78 is 27.2. The molecule has 0 aromatic heterocycles. The molecule has 0 atom stereocenters. The van der Waals surface area contributed by atoms with E-state index in [2.05, 4.69) is 25.7 Å². The number of rotatable bonds is 2. The topological polar surface area (TPSA) is 57.6 Å². The van der Waals surface area contributed by atoms with Crippen molar-refractivity contribution in [2.45, 2.75) is 32.1 Å². The summed E-state index contributed by atoms with van der Waals surface area (Å²) in [5.74, 6) is 5.28. The molecule has 1 heterocycles. The molecule has 1 aromatic rings.